The summed E-state index contributed by atoms with van der Waals surface area (Å²) in [7, 11) is 0. The zero-order valence-corrected chi connectivity index (χ0v) is 14.2. The molecule has 4 rings (SSSR count). The van der Waals surface area contributed by atoms with E-state index >= 15 is 0 Å². The molecule has 2 aromatic heterocycles. The molecule has 3 aromatic rings. The molecule has 1 aliphatic rings. The van der Waals surface area contributed by atoms with Crippen molar-refractivity contribution in [3.8, 4) is 10.4 Å². The summed E-state index contributed by atoms with van der Waals surface area (Å²) in [5, 5.41) is 11.1. The maximum absolute atomic E-state index is 11.1. The van der Waals surface area contributed by atoms with Crippen molar-refractivity contribution in [3.05, 3.63) is 48.0 Å². The Labute approximate surface area is 140 Å². The van der Waals surface area contributed by atoms with E-state index in [9.17, 15) is 5.11 Å². The predicted molar refractivity (Wildman–Crippen MR) is 94.8 cm³/mol. The average Bonchev–Trinajstić information content (AvgIpc) is 3.16. The minimum atomic E-state index is -0.408. The van der Waals surface area contributed by atoms with E-state index in [1.165, 1.54) is 35.3 Å². The van der Waals surface area contributed by atoms with E-state index < -0.39 is 6.10 Å². The van der Waals surface area contributed by atoms with Crippen LogP contribution >= 0.6 is 11.3 Å². The van der Waals surface area contributed by atoms with Gasteiger partial charge < -0.3 is 5.11 Å². The molecule has 23 heavy (non-hydrogen) atoms. The number of rotatable bonds is 3. The van der Waals surface area contributed by atoms with Gasteiger partial charge in [0.15, 0.2) is 0 Å². The van der Waals surface area contributed by atoms with Crippen LogP contribution in [-0.2, 0) is 0 Å². The predicted octanol–water partition coefficient (Wildman–Crippen LogP) is 4.98. The Bertz CT molecular complexity index is 797. The standard InChI is InChI=1S/C19H22N2OS/c1-13-7-9-15(10-8-13)19-17(21-12-20-11-16(21)23-19)18(22)14-5-3-2-4-6-14/h7-12,14,18,22H,2-6H2,1H3. The lowest BCUT2D eigenvalue weighted by Crippen LogP contribution is -2.17. The summed E-state index contributed by atoms with van der Waals surface area (Å²) in [6.45, 7) is 2.10. The third-order valence-corrected chi connectivity index (χ3v) is 6.15. The molecular formula is C19H22N2OS. The van der Waals surface area contributed by atoms with Crippen LogP contribution in [0.4, 0.5) is 0 Å². The second-order valence-electron chi connectivity index (χ2n) is 6.63. The molecule has 1 aromatic carbocycles. The lowest BCUT2D eigenvalue weighted by atomic mass is 9.83. The lowest BCUT2D eigenvalue weighted by Gasteiger charge is -2.27. The van der Waals surface area contributed by atoms with Gasteiger partial charge in [0.1, 0.15) is 11.2 Å². The van der Waals surface area contributed by atoms with Gasteiger partial charge in [-0.1, -0.05) is 49.1 Å². The normalized spacial score (nSPS) is 17.7. The molecule has 1 saturated carbocycles. The Balaban J connectivity index is 1.81. The van der Waals surface area contributed by atoms with E-state index in [2.05, 4.69) is 40.6 Å². The number of benzene rings is 1. The minimum absolute atomic E-state index is 0.369. The second-order valence-corrected chi connectivity index (χ2v) is 7.66. The molecule has 4 heteroatoms. The van der Waals surface area contributed by atoms with Gasteiger partial charge in [0.25, 0.3) is 0 Å². The van der Waals surface area contributed by atoms with Crippen LogP contribution in [0.5, 0.6) is 0 Å². The van der Waals surface area contributed by atoms with Gasteiger partial charge in [-0.05, 0) is 31.2 Å². The summed E-state index contributed by atoms with van der Waals surface area (Å²) in [4.78, 5) is 6.54. The van der Waals surface area contributed by atoms with Crippen molar-refractivity contribution < 1.29 is 5.11 Å². The monoisotopic (exact) mass is 326 g/mol. The molecule has 3 nitrogen and oxygen atoms in total. The molecule has 1 atom stereocenters. The fourth-order valence-corrected chi connectivity index (χ4v) is 4.81. The summed E-state index contributed by atoms with van der Waals surface area (Å²) < 4.78 is 2.08. The molecule has 0 amide bonds. The van der Waals surface area contributed by atoms with Crippen molar-refractivity contribution in [2.24, 2.45) is 5.92 Å². The van der Waals surface area contributed by atoms with Crippen molar-refractivity contribution in [1.29, 1.82) is 0 Å². The summed E-state index contributed by atoms with van der Waals surface area (Å²) in [6, 6.07) is 8.59. The number of fused-ring (bicyclic) bond motifs is 1. The van der Waals surface area contributed by atoms with Crippen molar-refractivity contribution in [3.63, 3.8) is 0 Å². The van der Waals surface area contributed by atoms with Crippen LogP contribution in [0.15, 0.2) is 36.8 Å². The first kappa shape index (κ1) is 14.9. The van der Waals surface area contributed by atoms with Crippen LogP contribution in [0.2, 0.25) is 0 Å². The Morgan fingerprint density at radius 1 is 1.17 bits per heavy atom. The van der Waals surface area contributed by atoms with E-state index in [-0.39, 0.29) is 0 Å². The molecular weight excluding hydrogens is 304 g/mol. The number of hydrogen-bond donors (Lipinski definition) is 1. The fourth-order valence-electron chi connectivity index (χ4n) is 3.67. The maximum Gasteiger partial charge on any atom is 0.120 e. The van der Waals surface area contributed by atoms with Crippen molar-refractivity contribution in [1.82, 2.24) is 9.38 Å². The van der Waals surface area contributed by atoms with Crippen LogP contribution in [0.1, 0.15) is 49.5 Å². The SMILES string of the molecule is Cc1ccc(-c2sc3cncn3c2C(O)C2CCCCC2)cc1. The average molecular weight is 326 g/mol. The molecule has 0 spiro atoms. The number of imidazole rings is 1. The lowest BCUT2D eigenvalue weighted by molar-refractivity contribution is 0.0811. The molecule has 0 bridgehead atoms. The third kappa shape index (κ3) is 2.70. The number of aryl methyl sites for hydroxylation is 1. The highest BCUT2D eigenvalue weighted by Gasteiger charge is 2.28. The molecule has 1 N–H and O–H groups in total. The number of aliphatic hydroxyl groups is 1. The van der Waals surface area contributed by atoms with Gasteiger partial charge in [0.05, 0.1) is 22.9 Å². The van der Waals surface area contributed by atoms with E-state index in [1.54, 1.807) is 11.3 Å². The van der Waals surface area contributed by atoms with Crippen LogP contribution in [0, 0.1) is 12.8 Å². The summed E-state index contributed by atoms with van der Waals surface area (Å²) in [6.07, 6.45) is 9.34. The molecule has 0 saturated heterocycles. The molecule has 1 unspecified atom stereocenters. The van der Waals surface area contributed by atoms with E-state index in [0.717, 1.165) is 23.4 Å². The van der Waals surface area contributed by atoms with Gasteiger partial charge in [0, 0.05) is 0 Å². The Morgan fingerprint density at radius 2 is 1.91 bits per heavy atom. The van der Waals surface area contributed by atoms with Crippen LogP contribution in [-0.4, -0.2) is 14.5 Å². The number of aromatic nitrogens is 2. The molecule has 120 valence electrons. The maximum atomic E-state index is 11.1. The third-order valence-electron chi connectivity index (χ3n) is 4.99. The Kier molecular flexibility index (Phi) is 3.95. The highest BCUT2D eigenvalue weighted by atomic mass is 32.1. The van der Waals surface area contributed by atoms with Gasteiger partial charge in [-0.25, -0.2) is 4.98 Å². The smallest absolute Gasteiger partial charge is 0.120 e. The largest absolute Gasteiger partial charge is 0.387 e. The second kappa shape index (κ2) is 6.10. The summed E-state index contributed by atoms with van der Waals surface area (Å²) >= 11 is 1.72. The van der Waals surface area contributed by atoms with Gasteiger partial charge in [-0.2, -0.15) is 0 Å². The molecule has 2 heterocycles. The molecule has 1 fully saturated rings. The Hall–Kier alpha value is -1.65. The number of nitrogens with zero attached hydrogens (tertiary/aromatic N) is 2. The first-order valence-electron chi connectivity index (χ1n) is 8.44. The zero-order valence-electron chi connectivity index (χ0n) is 13.4. The molecule has 0 radical (unpaired) electrons. The van der Waals surface area contributed by atoms with Crippen LogP contribution in [0.3, 0.4) is 0 Å². The Morgan fingerprint density at radius 3 is 2.65 bits per heavy atom. The highest BCUT2D eigenvalue weighted by molar-refractivity contribution is 7.20. The zero-order chi connectivity index (χ0) is 15.8. The van der Waals surface area contributed by atoms with E-state index in [1.807, 2.05) is 12.5 Å². The van der Waals surface area contributed by atoms with Crippen LogP contribution in [0.25, 0.3) is 15.3 Å². The van der Waals surface area contributed by atoms with E-state index in [4.69, 9.17) is 0 Å². The van der Waals surface area contributed by atoms with Gasteiger partial charge >= 0.3 is 0 Å². The van der Waals surface area contributed by atoms with Crippen molar-refractivity contribution in [2.45, 2.75) is 45.1 Å². The van der Waals surface area contributed by atoms with Gasteiger partial charge in [-0.15, -0.1) is 11.3 Å². The van der Waals surface area contributed by atoms with E-state index in [0.29, 0.717) is 5.92 Å². The van der Waals surface area contributed by atoms with Gasteiger partial charge in [-0.3, -0.25) is 4.40 Å². The van der Waals surface area contributed by atoms with Gasteiger partial charge in [0.2, 0.25) is 0 Å². The van der Waals surface area contributed by atoms with Crippen molar-refractivity contribution in [2.75, 3.05) is 0 Å². The van der Waals surface area contributed by atoms with Crippen LogP contribution < -0.4 is 0 Å². The summed E-state index contributed by atoms with van der Waals surface area (Å²) in [5.41, 5.74) is 3.47. The first-order valence-corrected chi connectivity index (χ1v) is 9.25. The first-order chi connectivity index (χ1) is 11.2. The molecule has 1 aliphatic carbocycles. The quantitative estimate of drug-likeness (QED) is 0.736. The number of aliphatic hydroxyl groups excluding tert-OH is 1. The fraction of sp³-hybridized carbons (Fsp3) is 0.421. The minimum Gasteiger partial charge on any atom is -0.387 e. The van der Waals surface area contributed by atoms with Crippen molar-refractivity contribution >= 4 is 16.2 Å². The highest BCUT2D eigenvalue weighted by Crippen LogP contribution is 2.42. The number of thiazole rings is 1. The number of hydrogen-bond acceptors (Lipinski definition) is 3. The molecule has 0 aliphatic heterocycles. The summed E-state index contributed by atoms with van der Waals surface area (Å²) in [5.74, 6) is 0.369. The topological polar surface area (TPSA) is 37.5 Å².